The quantitative estimate of drug-likeness (QED) is 0.0473. The van der Waals surface area contributed by atoms with Crippen LogP contribution in [0.25, 0.3) is 11.6 Å². The summed E-state index contributed by atoms with van der Waals surface area (Å²) < 4.78 is 10.6. The van der Waals surface area contributed by atoms with E-state index in [9.17, 15) is 0 Å². The van der Waals surface area contributed by atoms with Crippen LogP contribution in [-0.4, -0.2) is 9.13 Å². The number of aryl methyl sites for hydroxylation is 4. The zero-order chi connectivity index (χ0) is 39.3. The maximum absolute atomic E-state index is 2.65. The van der Waals surface area contributed by atoms with Crippen molar-refractivity contribution < 1.29 is 9.13 Å². The Labute approximate surface area is 345 Å². The summed E-state index contributed by atoms with van der Waals surface area (Å²) in [4.78, 5) is 0. The lowest BCUT2D eigenvalue weighted by molar-refractivity contribution is -0.715. The molecule has 0 N–H and O–H groups in total. The lowest BCUT2D eigenvalue weighted by atomic mass is 10.0. The lowest BCUT2D eigenvalue weighted by Crippen LogP contribution is -2.43. The van der Waals surface area contributed by atoms with Gasteiger partial charge in [-0.15, -0.1) is 0 Å². The van der Waals surface area contributed by atoms with Crippen LogP contribution in [0.1, 0.15) is 265 Å². The molecule has 2 aromatic rings. The zero-order valence-electron chi connectivity index (χ0n) is 38.1. The van der Waals surface area contributed by atoms with Crippen LogP contribution in [0.4, 0.5) is 0 Å². The van der Waals surface area contributed by atoms with E-state index in [0.717, 1.165) is 26.2 Å². The van der Waals surface area contributed by atoms with E-state index < -0.39 is 0 Å². The van der Waals surface area contributed by atoms with Gasteiger partial charge >= 0.3 is 11.6 Å². The smallest absolute Gasteiger partial charge is 0.223 e. The van der Waals surface area contributed by atoms with Gasteiger partial charge in [-0.25, -0.2) is 18.3 Å². The van der Waals surface area contributed by atoms with Crippen molar-refractivity contribution in [3.63, 3.8) is 0 Å². The summed E-state index contributed by atoms with van der Waals surface area (Å²) in [6, 6.07) is 0. The summed E-state index contributed by atoms with van der Waals surface area (Å²) in [5.74, 6) is 2.95. The van der Waals surface area contributed by atoms with Crippen molar-refractivity contribution in [1.29, 1.82) is 0 Å². The van der Waals surface area contributed by atoms with Gasteiger partial charge < -0.3 is 0 Å². The van der Waals surface area contributed by atoms with Crippen molar-refractivity contribution in [1.82, 2.24) is 9.13 Å². The highest BCUT2D eigenvalue weighted by Crippen LogP contribution is 2.19. The number of rotatable bonds is 42. The molecule has 0 aliphatic carbocycles. The Morgan fingerprint density at radius 3 is 0.764 bits per heavy atom. The van der Waals surface area contributed by atoms with Gasteiger partial charge in [0.25, 0.3) is 0 Å². The summed E-state index contributed by atoms with van der Waals surface area (Å²) in [7, 11) is 0. The first-order valence-corrected chi connectivity index (χ1v) is 25.4. The van der Waals surface area contributed by atoms with E-state index in [2.05, 4.69) is 70.8 Å². The SMILES string of the molecule is CCCCCCCCCCCCCCC[n+]1ccn(CCCCCCCC)c1-c1n(CCCCCCCC)cc[n+]1CCCCCCCCCCCCCC. The van der Waals surface area contributed by atoms with Gasteiger partial charge in [-0.2, -0.15) is 0 Å². The van der Waals surface area contributed by atoms with E-state index in [1.54, 1.807) is 0 Å². The van der Waals surface area contributed by atoms with Gasteiger partial charge in [-0.1, -0.05) is 214 Å². The van der Waals surface area contributed by atoms with Crippen LogP contribution in [0.3, 0.4) is 0 Å². The molecule has 0 spiro atoms. The largest absolute Gasteiger partial charge is 0.373 e. The topological polar surface area (TPSA) is 17.6 Å². The minimum atomic E-state index is 1.15. The van der Waals surface area contributed by atoms with Crippen molar-refractivity contribution in [2.24, 2.45) is 0 Å². The lowest BCUT2D eigenvalue weighted by Gasteiger charge is -2.08. The summed E-state index contributed by atoms with van der Waals surface area (Å²) in [6.07, 6.45) is 61.4. The molecule has 0 amide bonds. The molecule has 55 heavy (non-hydrogen) atoms. The van der Waals surface area contributed by atoms with E-state index in [4.69, 9.17) is 0 Å². The summed E-state index contributed by atoms with van der Waals surface area (Å²) in [5.41, 5.74) is 0. The standard InChI is InChI=1S/C51H98N4/c1-5-9-13-17-21-23-25-27-29-31-33-37-41-45-55-49-47-53(43-39-35-20-16-12-8-4)51(55)50-52(42-38-34-19-15-11-7-3)46-48-54(50)44-40-36-32-30-28-26-24-22-18-14-10-6-2/h46-49H,5-45H2,1-4H3/q+2. The number of unbranched alkanes of at least 4 members (excludes halogenated alkanes) is 33. The third kappa shape index (κ3) is 24.7. The minimum Gasteiger partial charge on any atom is -0.223 e. The molecule has 0 unspecified atom stereocenters. The highest BCUT2D eigenvalue weighted by molar-refractivity contribution is 5.36. The van der Waals surface area contributed by atoms with E-state index in [1.807, 2.05) is 0 Å². The average molecular weight is 767 g/mol. The van der Waals surface area contributed by atoms with Crippen LogP contribution in [0.15, 0.2) is 24.8 Å². The minimum absolute atomic E-state index is 1.15. The molecule has 4 heteroatoms. The number of hydrogen-bond donors (Lipinski definition) is 0. The van der Waals surface area contributed by atoms with Crippen LogP contribution in [0.2, 0.25) is 0 Å². The van der Waals surface area contributed by atoms with Crippen molar-refractivity contribution in [2.45, 2.75) is 291 Å². The molecule has 0 saturated carbocycles. The Balaban J connectivity index is 2.02. The summed E-state index contributed by atoms with van der Waals surface area (Å²) >= 11 is 0. The van der Waals surface area contributed by atoms with Crippen molar-refractivity contribution >= 4 is 0 Å². The molecule has 0 bridgehead atoms. The van der Waals surface area contributed by atoms with Crippen LogP contribution < -0.4 is 9.13 Å². The maximum atomic E-state index is 2.65. The van der Waals surface area contributed by atoms with Gasteiger partial charge in [-0.3, -0.25) is 0 Å². The summed E-state index contributed by atoms with van der Waals surface area (Å²) in [6.45, 7) is 13.9. The molecule has 0 saturated heterocycles. The predicted octanol–water partition coefficient (Wildman–Crippen LogP) is 16.0. The Morgan fingerprint density at radius 1 is 0.291 bits per heavy atom. The fraction of sp³-hybridized carbons (Fsp3) is 0.882. The van der Waals surface area contributed by atoms with Gasteiger partial charge in [0.05, 0.1) is 26.2 Å². The Morgan fingerprint density at radius 2 is 0.509 bits per heavy atom. The normalized spacial score (nSPS) is 11.7. The third-order valence-electron chi connectivity index (χ3n) is 12.4. The molecule has 0 atom stereocenters. The van der Waals surface area contributed by atoms with Crippen LogP contribution >= 0.6 is 0 Å². The molecule has 0 aliphatic heterocycles. The second-order valence-electron chi connectivity index (χ2n) is 17.7. The van der Waals surface area contributed by atoms with Crippen LogP contribution in [-0.2, 0) is 26.2 Å². The first kappa shape index (κ1) is 49.6. The Bertz CT molecular complexity index is 1080. The molecular formula is C51H98N4+2. The van der Waals surface area contributed by atoms with E-state index in [-0.39, 0.29) is 0 Å². The maximum Gasteiger partial charge on any atom is 0.373 e. The Hall–Kier alpha value is -1.58. The number of aromatic nitrogens is 4. The molecule has 4 nitrogen and oxygen atoms in total. The highest BCUT2D eigenvalue weighted by Gasteiger charge is 2.32. The predicted molar refractivity (Wildman–Crippen MR) is 242 cm³/mol. The molecule has 0 aliphatic rings. The molecule has 2 heterocycles. The molecule has 2 rings (SSSR count). The Kier molecular flexibility index (Phi) is 33.1. The molecule has 2 aromatic heterocycles. The molecule has 320 valence electrons. The third-order valence-corrected chi connectivity index (χ3v) is 12.4. The van der Waals surface area contributed by atoms with Gasteiger partial charge in [-0.05, 0) is 51.4 Å². The fourth-order valence-electron chi connectivity index (χ4n) is 8.72. The van der Waals surface area contributed by atoms with Crippen LogP contribution in [0, 0.1) is 0 Å². The summed E-state index contributed by atoms with van der Waals surface area (Å²) in [5, 5.41) is 0. The average Bonchev–Trinajstić information content (AvgIpc) is 3.78. The molecule has 0 fully saturated rings. The number of imidazole rings is 2. The number of hydrogen-bond acceptors (Lipinski definition) is 0. The monoisotopic (exact) mass is 767 g/mol. The first-order valence-electron chi connectivity index (χ1n) is 25.4. The number of nitrogens with zero attached hydrogens (tertiary/aromatic N) is 4. The van der Waals surface area contributed by atoms with Gasteiger partial charge in [0.2, 0.25) is 0 Å². The molecule has 0 aromatic carbocycles. The van der Waals surface area contributed by atoms with E-state index in [0.29, 0.717) is 0 Å². The first-order chi connectivity index (χ1) is 27.3. The highest BCUT2D eigenvalue weighted by atomic mass is 15.2. The second kappa shape index (κ2) is 36.7. The van der Waals surface area contributed by atoms with E-state index >= 15 is 0 Å². The second-order valence-corrected chi connectivity index (χ2v) is 17.7. The van der Waals surface area contributed by atoms with Gasteiger partial charge in [0, 0.05) is 0 Å². The molecular weight excluding hydrogens is 669 g/mol. The fourth-order valence-corrected chi connectivity index (χ4v) is 8.72. The van der Waals surface area contributed by atoms with Gasteiger partial charge in [0.1, 0.15) is 24.8 Å². The zero-order valence-corrected chi connectivity index (χ0v) is 38.1. The van der Waals surface area contributed by atoms with Crippen LogP contribution in [0.5, 0.6) is 0 Å². The van der Waals surface area contributed by atoms with E-state index in [1.165, 1.54) is 249 Å². The van der Waals surface area contributed by atoms with Crippen molar-refractivity contribution in [3.05, 3.63) is 24.8 Å². The van der Waals surface area contributed by atoms with Crippen molar-refractivity contribution in [2.75, 3.05) is 0 Å². The van der Waals surface area contributed by atoms with Gasteiger partial charge in [0.15, 0.2) is 0 Å². The van der Waals surface area contributed by atoms with Crippen molar-refractivity contribution in [3.8, 4) is 11.6 Å². The molecule has 0 radical (unpaired) electrons.